The van der Waals surface area contributed by atoms with Crippen LogP contribution in [-0.2, 0) is 11.2 Å². The molecule has 0 aromatic heterocycles. The van der Waals surface area contributed by atoms with E-state index >= 15 is 0 Å². The number of amides is 1. The molecule has 1 saturated heterocycles. The van der Waals surface area contributed by atoms with E-state index in [-0.39, 0.29) is 5.91 Å². The fourth-order valence-electron chi connectivity index (χ4n) is 2.73. The highest BCUT2D eigenvalue weighted by atomic mass is 16.2. The number of nitrogens with zero attached hydrogens (tertiary/aromatic N) is 1. The van der Waals surface area contributed by atoms with Gasteiger partial charge in [-0.05, 0) is 31.4 Å². The molecule has 1 fully saturated rings. The van der Waals surface area contributed by atoms with Crippen LogP contribution in [0.25, 0.3) is 0 Å². The summed E-state index contributed by atoms with van der Waals surface area (Å²) in [6.45, 7) is 5.03. The molecule has 1 aliphatic heterocycles. The molecule has 1 unspecified atom stereocenters. The molecule has 1 atom stereocenters. The largest absolute Gasteiger partial charge is 0.341 e. The first-order chi connectivity index (χ1) is 9.79. The maximum atomic E-state index is 12.5. The fraction of sp³-hybridized carbons (Fsp3) is 0.588. The highest BCUT2D eigenvalue weighted by Gasteiger charge is 2.21. The summed E-state index contributed by atoms with van der Waals surface area (Å²) < 4.78 is 0. The van der Waals surface area contributed by atoms with Crippen LogP contribution in [0.2, 0.25) is 0 Å². The van der Waals surface area contributed by atoms with Crippen molar-refractivity contribution < 1.29 is 4.79 Å². The van der Waals surface area contributed by atoms with Crippen LogP contribution in [0, 0.1) is 0 Å². The number of nitrogens with one attached hydrogen (secondary N) is 1. The minimum Gasteiger partial charge on any atom is -0.341 e. The molecule has 2 rings (SSSR count). The van der Waals surface area contributed by atoms with E-state index in [1.807, 2.05) is 30.3 Å². The van der Waals surface area contributed by atoms with Gasteiger partial charge in [-0.25, -0.2) is 0 Å². The molecule has 0 radical (unpaired) electrons. The van der Waals surface area contributed by atoms with E-state index in [9.17, 15) is 4.79 Å². The average Bonchev–Trinajstić information content (AvgIpc) is 2.97. The van der Waals surface area contributed by atoms with Crippen LogP contribution in [0.15, 0.2) is 30.3 Å². The minimum absolute atomic E-state index is 0.262. The number of unbranched alkanes of at least 4 members (excludes halogenated alkanes) is 1. The van der Waals surface area contributed by atoms with Crippen LogP contribution < -0.4 is 5.32 Å². The Hall–Kier alpha value is -1.35. The second kappa shape index (κ2) is 8.05. The smallest absolute Gasteiger partial charge is 0.227 e. The molecule has 0 bridgehead atoms. The second-order valence-electron chi connectivity index (χ2n) is 5.65. The van der Waals surface area contributed by atoms with Crippen molar-refractivity contribution in [3.8, 4) is 0 Å². The van der Waals surface area contributed by atoms with E-state index in [4.69, 9.17) is 0 Å². The van der Waals surface area contributed by atoms with Gasteiger partial charge in [0.15, 0.2) is 0 Å². The summed E-state index contributed by atoms with van der Waals surface area (Å²) in [5, 5.41) is 3.49. The van der Waals surface area contributed by atoms with Crippen molar-refractivity contribution in [3.05, 3.63) is 35.9 Å². The van der Waals surface area contributed by atoms with Crippen LogP contribution >= 0.6 is 0 Å². The van der Waals surface area contributed by atoms with Gasteiger partial charge in [0.1, 0.15) is 0 Å². The summed E-state index contributed by atoms with van der Waals surface area (Å²) in [4.78, 5) is 14.6. The van der Waals surface area contributed by atoms with Crippen molar-refractivity contribution in [2.75, 3.05) is 19.6 Å². The average molecular weight is 274 g/mol. The Balaban J connectivity index is 1.91. The molecule has 1 aromatic carbocycles. The van der Waals surface area contributed by atoms with Gasteiger partial charge in [0, 0.05) is 19.1 Å². The predicted molar refractivity (Wildman–Crippen MR) is 82.7 cm³/mol. The zero-order valence-electron chi connectivity index (χ0n) is 12.5. The monoisotopic (exact) mass is 274 g/mol. The van der Waals surface area contributed by atoms with Crippen LogP contribution in [0.1, 0.15) is 38.2 Å². The van der Waals surface area contributed by atoms with Gasteiger partial charge >= 0.3 is 0 Å². The molecular weight excluding hydrogens is 248 g/mol. The van der Waals surface area contributed by atoms with Gasteiger partial charge in [-0.15, -0.1) is 0 Å². The first-order valence-corrected chi connectivity index (χ1v) is 7.84. The summed E-state index contributed by atoms with van der Waals surface area (Å²) in [5.74, 6) is 0.262. The van der Waals surface area contributed by atoms with Crippen molar-refractivity contribution >= 4 is 5.91 Å². The molecule has 0 spiro atoms. The lowest BCUT2D eigenvalue weighted by molar-refractivity contribution is -0.130. The third-order valence-corrected chi connectivity index (χ3v) is 3.94. The Morgan fingerprint density at radius 1 is 1.35 bits per heavy atom. The van der Waals surface area contributed by atoms with Gasteiger partial charge in [-0.3, -0.25) is 4.79 Å². The summed E-state index contributed by atoms with van der Waals surface area (Å²) in [6.07, 6.45) is 5.18. The van der Waals surface area contributed by atoms with E-state index in [1.54, 1.807) is 0 Å². The van der Waals surface area contributed by atoms with Crippen molar-refractivity contribution in [1.29, 1.82) is 0 Å². The van der Waals surface area contributed by atoms with Crippen molar-refractivity contribution in [1.82, 2.24) is 10.2 Å². The molecule has 1 aliphatic rings. The first-order valence-electron chi connectivity index (χ1n) is 7.84. The summed E-state index contributed by atoms with van der Waals surface area (Å²) >= 11 is 0. The van der Waals surface area contributed by atoms with Gasteiger partial charge in [-0.2, -0.15) is 0 Å². The maximum absolute atomic E-state index is 12.5. The summed E-state index contributed by atoms with van der Waals surface area (Å²) in [7, 11) is 0. The molecule has 1 aromatic rings. The Kier molecular flexibility index (Phi) is 6.06. The molecule has 1 heterocycles. The molecule has 3 heteroatoms. The molecule has 110 valence electrons. The molecule has 1 amide bonds. The highest BCUT2D eigenvalue weighted by molar-refractivity contribution is 5.78. The van der Waals surface area contributed by atoms with Crippen LogP contribution in [0.3, 0.4) is 0 Å². The zero-order chi connectivity index (χ0) is 14.2. The quantitative estimate of drug-likeness (QED) is 0.829. The lowest BCUT2D eigenvalue weighted by atomic mass is 10.1. The lowest BCUT2D eigenvalue weighted by Gasteiger charge is -2.26. The Morgan fingerprint density at radius 3 is 2.80 bits per heavy atom. The predicted octanol–water partition coefficient (Wildman–Crippen LogP) is 2.61. The van der Waals surface area contributed by atoms with Crippen molar-refractivity contribution in [2.45, 2.75) is 45.1 Å². The van der Waals surface area contributed by atoms with E-state index in [2.05, 4.69) is 17.1 Å². The summed E-state index contributed by atoms with van der Waals surface area (Å²) in [5.41, 5.74) is 1.11. The van der Waals surface area contributed by atoms with Crippen molar-refractivity contribution in [2.24, 2.45) is 0 Å². The topological polar surface area (TPSA) is 32.3 Å². The van der Waals surface area contributed by atoms with E-state index < -0.39 is 0 Å². The number of carbonyl (C=O) groups excluding carboxylic acids is 1. The molecule has 1 N–H and O–H groups in total. The molecular formula is C17H26N2O. The normalized spacial score (nSPS) is 18.1. The molecule has 3 nitrogen and oxygen atoms in total. The third-order valence-electron chi connectivity index (χ3n) is 3.94. The maximum Gasteiger partial charge on any atom is 0.227 e. The number of rotatable bonds is 7. The van der Waals surface area contributed by atoms with Crippen molar-refractivity contribution in [3.63, 3.8) is 0 Å². The Labute approximate surface area is 122 Å². The molecule has 0 saturated carbocycles. The van der Waals surface area contributed by atoms with Crippen LogP contribution in [0.4, 0.5) is 0 Å². The highest BCUT2D eigenvalue weighted by Crippen LogP contribution is 2.10. The SMILES string of the molecule is CCCCN(CC1CCCN1)C(=O)Cc1ccccc1. The van der Waals surface area contributed by atoms with E-state index in [0.717, 1.165) is 38.0 Å². The molecule has 20 heavy (non-hydrogen) atoms. The fourth-order valence-corrected chi connectivity index (χ4v) is 2.73. The van der Waals surface area contributed by atoms with Gasteiger partial charge in [0.25, 0.3) is 0 Å². The first kappa shape index (κ1) is 15.0. The number of carbonyl (C=O) groups is 1. The number of hydrogen-bond donors (Lipinski definition) is 1. The summed E-state index contributed by atoms with van der Waals surface area (Å²) in [6, 6.07) is 10.5. The third kappa shape index (κ3) is 4.64. The van der Waals surface area contributed by atoms with Gasteiger partial charge < -0.3 is 10.2 Å². The van der Waals surface area contributed by atoms with Gasteiger partial charge in [-0.1, -0.05) is 43.7 Å². The Morgan fingerprint density at radius 2 is 2.15 bits per heavy atom. The van der Waals surface area contributed by atoms with Crippen LogP contribution in [-0.4, -0.2) is 36.5 Å². The van der Waals surface area contributed by atoms with E-state index in [1.165, 1.54) is 12.8 Å². The lowest BCUT2D eigenvalue weighted by Crippen LogP contribution is -2.42. The van der Waals surface area contributed by atoms with Gasteiger partial charge in [0.2, 0.25) is 5.91 Å². The minimum atomic E-state index is 0.262. The second-order valence-corrected chi connectivity index (χ2v) is 5.65. The zero-order valence-corrected chi connectivity index (χ0v) is 12.5. The standard InChI is InChI=1S/C17H26N2O/c1-2-3-12-19(14-16-10-7-11-18-16)17(20)13-15-8-5-4-6-9-15/h4-6,8-9,16,18H,2-3,7,10-14H2,1H3. The number of benzene rings is 1. The van der Waals surface area contributed by atoms with E-state index in [0.29, 0.717) is 12.5 Å². The van der Waals surface area contributed by atoms with Crippen LogP contribution in [0.5, 0.6) is 0 Å². The van der Waals surface area contributed by atoms with Gasteiger partial charge in [0.05, 0.1) is 6.42 Å². The number of hydrogen-bond acceptors (Lipinski definition) is 2. The Bertz CT molecular complexity index is 399. The molecule has 0 aliphatic carbocycles.